The van der Waals surface area contributed by atoms with Gasteiger partial charge in [0.05, 0.1) is 12.1 Å². The highest BCUT2D eigenvalue weighted by atomic mass is 16.6. The first kappa shape index (κ1) is 14.6. The number of furan rings is 1. The fourth-order valence-corrected chi connectivity index (χ4v) is 2.68. The minimum Gasteiger partial charge on any atom is -0.456 e. The molecule has 5 heteroatoms. The van der Waals surface area contributed by atoms with Gasteiger partial charge in [0.1, 0.15) is 11.3 Å². The topological polar surface area (TPSA) is 59.8 Å². The van der Waals surface area contributed by atoms with E-state index in [2.05, 4.69) is 0 Å². The van der Waals surface area contributed by atoms with Gasteiger partial charge in [0.2, 0.25) is 0 Å². The van der Waals surface area contributed by atoms with E-state index in [4.69, 9.17) is 9.15 Å². The minimum atomic E-state index is -0.445. The molecule has 1 aromatic heterocycles. The third kappa shape index (κ3) is 2.36. The molecule has 1 aliphatic heterocycles. The third-order valence-electron chi connectivity index (χ3n) is 3.88. The van der Waals surface area contributed by atoms with Gasteiger partial charge in [-0.1, -0.05) is 12.1 Å². The first-order chi connectivity index (χ1) is 10.3. The van der Waals surface area contributed by atoms with Crippen molar-refractivity contribution in [2.75, 3.05) is 6.54 Å². The Morgan fingerprint density at radius 3 is 2.64 bits per heavy atom. The largest absolute Gasteiger partial charge is 0.456 e. The SMILES string of the molecule is CC(=O)c1cccc2cc([C@@H]3CN(C(C)(C)C)C(=O)O3)oc12. The van der Waals surface area contributed by atoms with Crippen LogP contribution in [0.1, 0.15) is 49.9 Å². The summed E-state index contributed by atoms with van der Waals surface area (Å²) in [7, 11) is 0. The van der Waals surface area contributed by atoms with Crippen LogP contribution >= 0.6 is 0 Å². The number of fused-ring (bicyclic) bond motifs is 1. The number of Topliss-reactive ketones (excluding diaryl/α,β-unsaturated/α-hetero) is 1. The number of nitrogens with zero attached hydrogens (tertiary/aromatic N) is 1. The van der Waals surface area contributed by atoms with Gasteiger partial charge in [-0.25, -0.2) is 4.79 Å². The van der Waals surface area contributed by atoms with Crippen LogP contribution in [0.5, 0.6) is 0 Å². The molecule has 0 bridgehead atoms. The number of ketones is 1. The lowest BCUT2D eigenvalue weighted by molar-refractivity contribution is 0.101. The maximum absolute atomic E-state index is 12.0. The number of rotatable bonds is 2. The molecule has 0 radical (unpaired) electrons. The van der Waals surface area contributed by atoms with Gasteiger partial charge in [0, 0.05) is 10.9 Å². The van der Waals surface area contributed by atoms with Crippen LogP contribution in [0.2, 0.25) is 0 Å². The first-order valence-electron chi connectivity index (χ1n) is 7.29. The highest BCUT2D eigenvalue weighted by Gasteiger charge is 2.40. The Labute approximate surface area is 128 Å². The summed E-state index contributed by atoms with van der Waals surface area (Å²) in [5.41, 5.74) is 0.790. The van der Waals surface area contributed by atoms with Crippen LogP contribution in [0, 0.1) is 0 Å². The Morgan fingerprint density at radius 1 is 1.32 bits per heavy atom. The monoisotopic (exact) mass is 301 g/mol. The van der Waals surface area contributed by atoms with E-state index in [1.54, 1.807) is 11.0 Å². The van der Waals surface area contributed by atoms with Gasteiger partial charge in [-0.2, -0.15) is 0 Å². The predicted octanol–water partition coefficient (Wildman–Crippen LogP) is 3.93. The summed E-state index contributed by atoms with van der Waals surface area (Å²) in [6, 6.07) is 7.28. The summed E-state index contributed by atoms with van der Waals surface area (Å²) in [6.07, 6.45) is -0.788. The van der Waals surface area contributed by atoms with Gasteiger partial charge in [-0.05, 0) is 39.8 Å². The van der Waals surface area contributed by atoms with Gasteiger partial charge >= 0.3 is 6.09 Å². The second kappa shape index (κ2) is 4.87. The zero-order chi connectivity index (χ0) is 16.1. The summed E-state index contributed by atoms with van der Waals surface area (Å²) in [6.45, 7) is 7.83. The fourth-order valence-electron chi connectivity index (χ4n) is 2.68. The Bertz CT molecular complexity index is 754. The van der Waals surface area contributed by atoms with Crippen molar-refractivity contribution in [3.05, 3.63) is 35.6 Å². The number of carbonyl (C=O) groups is 2. The van der Waals surface area contributed by atoms with Crippen molar-refractivity contribution < 1.29 is 18.7 Å². The standard InChI is InChI=1S/C17H19NO4/c1-10(19)12-7-5-6-11-8-13(21-15(11)12)14-9-18(16(20)22-14)17(2,3)4/h5-8,14H,9H2,1-4H3/t14-/m0/s1. The molecular formula is C17H19NO4. The minimum absolute atomic E-state index is 0.0498. The molecule has 2 aromatic rings. The number of para-hydroxylation sites is 1. The van der Waals surface area contributed by atoms with Crippen LogP contribution in [-0.4, -0.2) is 28.9 Å². The summed E-state index contributed by atoms with van der Waals surface area (Å²) in [4.78, 5) is 25.4. The average molecular weight is 301 g/mol. The molecule has 2 heterocycles. The van der Waals surface area contributed by atoms with Crippen molar-refractivity contribution in [3.8, 4) is 0 Å². The Kier molecular flexibility index (Phi) is 3.24. The van der Waals surface area contributed by atoms with Crippen molar-refractivity contribution in [1.29, 1.82) is 0 Å². The lowest BCUT2D eigenvalue weighted by Crippen LogP contribution is -2.41. The van der Waals surface area contributed by atoms with E-state index in [1.165, 1.54) is 6.92 Å². The Morgan fingerprint density at radius 2 is 2.05 bits per heavy atom. The molecule has 1 saturated heterocycles. The molecule has 3 rings (SSSR count). The zero-order valence-electron chi connectivity index (χ0n) is 13.2. The molecule has 0 N–H and O–H groups in total. The lowest BCUT2D eigenvalue weighted by atomic mass is 10.1. The molecule has 1 atom stereocenters. The van der Waals surface area contributed by atoms with E-state index in [1.807, 2.05) is 39.0 Å². The molecule has 22 heavy (non-hydrogen) atoms. The van der Waals surface area contributed by atoms with Crippen molar-refractivity contribution in [2.24, 2.45) is 0 Å². The van der Waals surface area contributed by atoms with E-state index in [9.17, 15) is 9.59 Å². The van der Waals surface area contributed by atoms with Gasteiger partial charge < -0.3 is 9.15 Å². The van der Waals surface area contributed by atoms with Crippen LogP contribution in [0.15, 0.2) is 28.7 Å². The molecule has 0 spiro atoms. The van der Waals surface area contributed by atoms with Crippen LogP contribution in [0.25, 0.3) is 11.0 Å². The molecule has 0 unspecified atom stereocenters. The maximum atomic E-state index is 12.0. The smallest absolute Gasteiger partial charge is 0.411 e. The molecule has 5 nitrogen and oxygen atoms in total. The van der Waals surface area contributed by atoms with Gasteiger partial charge in [-0.3, -0.25) is 9.69 Å². The fraction of sp³-hybridized carbons (Fsp3) is 0.412. The van der Waals surface area contributed by atoms with Crippen LogP contribution in [0.4, 0.5) is 4.79 Å². The average Bonchev–Trinajstić information content (AvgIpc) is 3.00. The van der Waals surface area contributed by atoms with E-state index in [0.29, 0.717) is 23.5 Å². The van der Waals surface area contributed by atoms with Crippen LogP contribution in [0.3, 0.4) is 0 Å². The van der Waals surface area contributed by atoms with Crippen LogP contribution in [-0.2, 0) is 4.74 Å². The van der Waals surface area contributed by atoms with Crippen molar-refractivity contribution in [1.82, 2.24) is 4.90 Å². The lowest BCUT2D eigenvalue weighted by Gasteiger charge is -2.28. The number of cyclic esters (lactones) is 1. The summed E-state index contributed by atoms with van der Waals surface area (Å²) in [5.74, 6) is 0.523. The van der Waals surface area contributed by atoms with Crippen molar-refractivity contribution in [3.63, 3.8) is 0 Å². The molecule has 0 saturated carbocycles. The number of carbonyl (C=O) groups excluding carboxylic acids is 2. The molecular weight excluding hydrogens is 282 g/mol. The highest BCUT2D eigenvalue weighted by Crippen LogP contribution is 2.34. The zero-order valence-corrected chi connectivity index (χ0v) is 13.2. The molecule has 1 fully saturated rings. The molecule has 116 valence electrons. The summed E-state index contributed by atoms with van der Waals surface area (Å²) < 4.78 is 11.3. The Hall–Kier alpha value is -2.30. The summed E-state index contributed by atoms with van der Waals surface area (Å²) >= 11 is 0. The van der Waals surface area contributed by atoms with Crippen molar-refractivity contribution >= 4 is 22.8 Å². The van der Waals surface area contributed by atoms with E-state index >= 15 is 0 Å². The number of hydrogen-bond acceptors (Lipinski definition) is 4. The van der Waals surface area contributed by atoms with E-state index < -0.39 is 6.10 Å². The number of benzene rings is 1. The van der Waals surface area contributed by atoms with E-state index in [-0.39, 0.29) is 17.4 Å². The van der Waals surface area contributed by atoms with Gasteiger partial charge in [-0.15, -0.1) is 0 Å². The van der Waals surface area contributed by atoms with Gasteiger partial charge in [0.25, 0.3) is 0 Å². The molecule has 1 aromatic carbocycles. The molecule has 0 aliphatic carbocycles. The van der Waals surface area contributed by atoms with Crippen molar-refractivity contribution in [2.45, 2.75) is 39.3 Å². The maximum Gasteiger partial charge on any atom is 0.411 e. The molecule has 1 aliphatic rings. The number of hydrogen-bond donors (Lipinski definition) is 0. The highest BCUT2D eigenvalue weighted by molar-refractivity contribution is 6.04. The normalized spacial score (nSPS) is 18.8. The third-order valence-corrected chi connectivity index (χ3v) is 3.88. The number of amides is 1. The summed E-state index contributed by atoms with van der Waals surface area (Å²) in [5, 5.41) is 0.841. The predicted molar refractivity (Wildman–Crippen MR) is 81.9 cm³/mol. The first-order valence-corrected chi connectivity index (χ1v) is 7.29. The van der Waals surface area contributed by atoms with Crippen LogP contribution < -0.4 is 0 Å². The molecule has 1 amide bonds. The second-order valence-electron chi connectivity index (χ2n) is 6.58. The number of ether oxygens (including phenoxy) is 1. The quantitative estimate of drug-likeness (QED) is 0.789. The van der Waals surface area contributed by atoms with E-state index in [0.717, 1.165) is 5.39 Å². The Balaban J connectivity index is 1.97. The second-order valence-corrected chi connectivity index (χ2v) is 6.58. The van der Waals surface area contributed by atoms with Gasteiger partial charge in [0.15, 0.2) is 11.9 Å².